The Bertz CT molecular complexity index is 140. The minimum atomic E-state index is 0. The van der Waals surface area contributed by atoms with Crippen LogP contribution in [-0.2, 0) is 7.05 Å². The first-order chi connectivity index (χ1) is 3.39. The predicted molar refractivity (Wildman–Crippen MR) is 25.4 cm³/mol. The summed E-state index contributed by atoms with van der Waals surface area (Å²) in [6.07, 6.45) is 7.28. The van der Waals surface area contributed by atoms with Crippen LogP contribution in [0.15, 0.2) is 24.8 Å². The fraction of sp³-hybridized carbons (Fsp3) is 0.200. The molecule has 0 saturated heterocycles. The molecule has 0 aliphatic heterocycles. The molecule has 44 valence electrons. The molecule has 0 amide bonds. The maximum Gasteiger partial charge on any atom is 0.186 e. The summed E-state index contributed by atoms with van der Waals surface area (Å²) in [5, 5.41) is 0. The highest BCUT2D eigenvalue weighted by Gasteiger charge is 1.79. The van der Waals surface area contributed by atoms with Crippen LogP contribution in [0.4, 0.5) is 0 Å². The van der Waals surface area contributed by atoms with Gasteiger partial charge in [0.15, 0.2) is 12.4 Å². The molecule has 0 aromatic carbocycles. The number of rotatable bonds is 0. The molecule has 1 aromatic rings. The number of aromatic nitrogens is 2. The van der Waals surface area contributed by atoms with E-state index in [2.05, 4.69) is 4.98 Å². The average molecular weight is 175 g/mol. The van der Waals surface area contributed by atoms with Crippen LogP contribution in [0.25, 0.3) is 0 Å². The normalized spacial score (nSPS) is 7.62. The van der Waals surface area contributed by atoms with E-state index in [-0.39, 0.29) is 17.0 Å². The van der Waals surface area contributed by atoms with Gasteiger partial charge in [-0.15, -0.1) is 0 Å². The lowest BCUT2D eigenvalue weighted by atomic mass is 10.7. The molecule has 0 bridgehead atoms. The van der Waals surface area contributed by atoms with Gasteiger partial charge < -0.3 is 17.0 Å². The summed E-state index contributed by atoms with van der Waals surface area (Å²) in [4.78, 5) is 3.82. The first-order valence-electron chi connectivity index (χ1n) is 2.15. The summed E-state index contributed by atoms with van der Waals surface area (Å²) in [6.45, 7) is 0. The van der Waals surface area contributed by atoms with Gasteiger partial charge in [0.25, 0.3) is 0 Å². The molecule has 0 unspecified atom stereocenters. The zero-order chi connectivity index (χ0) is 5.11. The molecule has 1 rings (SSSR count). The van der Waals surface area contributed by atoms with E-state index in [4.69, 9.17) is 0 Å². The van der Waals surface area contributed by atoms with Gasteiger partial charge in [-0.2, -0.15) is 0 Å². The Balaban J connectivity index is 0.000000490. The van der Waals surface area contributed by atoms with E-state index in [0.29, 0.717) is 0 Å². The summed E-state index contributed by atoms with van der Waals surface area (Å²) in [5.41, 5.74) is 0. The van der Waals surface area contributed by atoms with Crippen molar-refractivity contribution in [3.63, 3.8) is 0 Å². The Hall–Kier alpha value is -0.440. The highest BCUT2D eigenvalue weighted by Crippen LogP contribution is 1.63. The van der Waals surface area contributed by atoms with Crippen molar-refractivity contribution in [2.75, 3.05) is 0 Å². The Kier molecular flexibility index (Phi) is 3.35. The molecule has 0 N–H and O–H groups in total. The van der Waals surface area contributed by atoms with E-state index in [1.807, 2.05) is 24.0 Å². The molecule has 0 saturated carbocycles. The third kappa shape index (κ3) is 2.02. The lowest BCUT2D eigenvalue weighted by Gasteiger charge is -1.77. The molecule has 0 fully saturated rings. The minimum absolute atomic E-state index is 0. The average Bonchev–Trinajstić information content (AvgIpc) is 1.69. The van der Waals surface area contributed by atoms with Crippen LogP contribution in [0.5, 0.6) is 0 Å². The predicted octanol–water partition coefficient (Wildman–Crippen LogP) is -3.09. The molecule has 1 aromatic heterocycles. The van der Waals surface area contributed by atoms with Crippen molar-refractivity contribution in [1.82, 2.24) is 4.98 Å². The maximum absolute atomic E-state index is 3.82. The van der Waals surface area contributed by atoms with Gasteiger partial charge in [-0.05, 0) is 0 Å². The van der Waals surface area contributed by atoms with Crippen molar-refractivity contribution in [3.05, 3.63) is 24.8 Å². The van der Waals surface area contributed by atoms with Gasteiger partial charge in [-0.1, -0.05) is 0 Å². The first kappa shape index (κ1) is 7.56. The summed E-state index contributed by atoms with van der Waals surface area (Å²) in [7, 11) is 1.96. The van der Waals surface area contributed by atoms with Gasteiger partial charge in [-0.25, -0.2) is 4.57 Å². The summed E-state index contributed by atoms with van der Waals surface area (Å²) < 4.78 is 1.94. The van der Waals surface area contributed by atoms with Crippen molar-refractivity contribution in [1.29, 1.82) is 0 Å². The topological polar surface area (TPSA) is 16.8 Å². The third-order valence-electron chi connectivity index (χ3n) is 0.776. The molecule has 0 spiro atoms. The van der Waals surface area contributed by atoms with E-state index in [9.17, 15) is 0 Å². The largest absolute Gasteiger partial charge is 1.00 e. The Labute approximate surface area is 59.0 Å². The highest BCUT2D eigenvalue weighted by atomic mass is 79.9. The Morgan fingerprint density at radius 1 is 1.25 bits per heavy atom. The molecule has 0 aliphatic carbocycles. The zero-order valence-corrected chi connectivity index (χ0v) is 6.17. The van der Waals surface area contributed by atoms with E-state index in [0.717, 1.165) is 0 Å². The van der Waals surface area contributed by atoms with Crippen molar-refractivity contribution < 1.29 is 21.5 Å². The highest BCUT2D eigenvalue weighted by molar-refractivity contribution is 4.61. The van der Waals surface area contributed by atoms with Gasteiger partial charge in [-0.3, -0.25) is 4.98 Å². The van der Waals surface area contributed by atoms with E-state index in [1.165, 1.54) is 0 Å². The second kappa shape index (κ2) is 3.55. The number of hydrogen-bond donors (Lipinski definition) is 0. The zero-order valence-electron chi connectivity index (χ0n) is 4.58. The van der Waals surface area contributed by atoms with Crippen LogP contribution in [0.2, 0.25) is 0 Å². The van der Waals surface area contributed by atoms with Gasteiger partial charge >= 0.3 is 0 Å². The molecule has 0 aliphatic rings. The third-order valence-corrected chi connectivity index (χ3v) is 0.776. The fourth-order valence-corrected chi connectivity index (χ4v) is 0.387. The molecular formula is C5H7BrN2. The van der Waals surface area contributed by atoms with Crippen molar-refractivity contribution in [2.45, 2.75) is 0 Å². The van der Waals surface area contributed by atoms with Crippen molar-refractivity contribution >= 4 is 0 Å². The van der Waals surface area contributed by atoms with E-state index in [1.54, 1.807) is 12.4 Å². The quantitative estimate of drug-likeness (QED) is 0.382. The smallest absolute Gasteiger partial charge is 0.186 e. The maximum atomic E-state index is 3.82. The molecular weight excluding hydrogens is 168 g/mol. The van der Waals surface area contributed by atoms with Crippen molar-refractivity contribution in [3.8, 4) is 0 Å². The van der Waals surface area contributed by atoms with E-state index < -0.39 is 0 Å². The SMILES string of the molecule is C[n+]1ccncc1.[Br-]. The fourth-order valence-electron chi connectivity index (χ4n) is 0.387. The number of hydrogen-bond acceptors (Lipinski definition) is 1. The van der Waals surface area contributed by atoms with Crippen molar-refractivity contribution in [2.24, 2.45) is 7.05 Å². The van der Waals surface area contributed by atoms with Gasteiger partial charge in [0.1, 0.15) is 7.05 Å². The van der Waals surface area contributed by atoms with Gasteiger partial charge in [0.2, 0.25) is 0 Å². The summed E-state index contributed by atoms with van der Waals surface area (Å²) in [6, 6.07) is 0. The number of aryl methyl sites for hydroxylation is 1. The molecule has 8 heavy (non-hydrogen) atoms. The molecule has 3 heteroatoms. The second-order valence-corrected chi connectivity index (χ2v) is 1.41. The first-order valence-corrected chi connectivity index (χ1v) is 2.15. The van der Waals surface area contributed by atoms with Crippen LogP contribution in [0, 0.1) is 0 Å². The Morgan fingerprint density at radius 3 is 2.00 bits per heavy atom. The molecule has 0 radical (unpaired) electrons. The van der Waals surface area contributed by atoms with Gasteiger partial charge in [0.05, 0.1) is 12.4 Å². The van der Waals surface area contributed by atoms with Crippen LogP contribution in [-0.4, -0.2) is 4.98 Å². The van der Waals surface area contributed by atoms with E-state index >= 15 is 0 Å². The van der Waals surface area contributed by atoms with Crippen LogP contribution < -0.4 is 21.5 Å². The summed E-state index contributed by atoms with van der Waals surface area (Å²) in [5.74, 6) is 0. The lowest BCUT2D eigenvalue weighted by Crippen LogP contribution is -3.00. The van der Waals surface area contributed by atoms with Crippen LogP contribution in [0.3, 0.4) is 0 Å². The summed E-state index contributed by atoms with van der Waals surface area (Å²) >= 11 is 0. The Morgan fingerprint density at radius 2 is 1.75 bits per heavy atom. The van der Waals surface area contributed by atoms with Gasteiger partial charge in [0, 0.05) is 0 Å². The lowest BCUT2D eigenvalue weighted by molar-refractivity contribution is -0.672. The number of nitrogens with zero attached hydrogens (tertiary/aromatic N) is 2. The molecule has 1 heterocycles. The second-order valence-electron chi connectivity index (χ2n) is 1.41. The van der Waals surface area contributed by atoms with Crippen LogP contribution >= 0.6 is 0 Å². The molecule has 0 atom stereocenters. The number of halogens is 1. The molecule has 2 nitrogen and oxygen atoms in total. The van der Waals surface area contributed by atoms with Crippen LogP contribution in [0.1, 0.15) is 0 Å². The minimum Gasteiger partial charge on any atom is -1.00 e. The monoisotopic (exact) mass is 174 g/mol. The standard InChI is InChI=1S/C5H7N2.BrH/c1-7-4-2-6-3-5-7;/h2-5H,1H3;1H/q+1;/p-1.